The van der Waals surface area contributed by atoms with Crippen LogP contribution in [0.1, 0.15) is 82.3 Å². The first kappa shape index (κ1) is 21.7. The Morgan fingerprint density at radius 1 is 0.767 bits per heavy atom. The Labute approximate surface area is 179 Å². The number of hydrogen-bond acceptors (Lipinski definition) is 0. The van der Waals surface area contributed by atoms with E-state index in [1.54, 1.807) is 6.07 Å². The molecule has 3 aliphatic rings. The number of halogens is 3. The highest BCUT2D eigenvalue weighted by atomic mass is 19.2. The van der Waals surface area contributed by atoms with Crippen molar-refractivity contribution in [3.05, 3.63) is 58.4 Å². The molecule has 2 saturated carbocycles. The van der Waals surface area contributed by atoms with Gasteiger partial charge in [-0.05, 0) is 97.0 Å². The molecule has 3 aliphatic carbocycles. The van der Waals surface area contributed by atoms with Gasteiger partial charge in [-0.1, -0.05) is 51.0 Å². The Hall–Kier alpha value is -1.51. The maximum Gasteiger partial charge on any atom is 0.157 e. The van der Waals surface area contributed by atoms with Crippen LogP contribution in [0, 0.1) is 23.6 Å². The number of hydrogen-bond donors (Lipinski definition) is 0. The minimum atomic E-state index is -1.49. The van der Waals surface area contributed by atoms with Gasteiger partial charge in [-0.3, -0.25) is 0 Å². The molecule has 2 unspecified atom stereocenters. The first-order valence-corrected chi connectivity index (χ1v) is 12.0. The van der Waals surface area contributed by atoms with Gasteiger partial charge in [-0.25, -0.2) is 13.2 Å². The molecular formula is C27H35F3. The smallest absolute Gasteiger partial charge is 0.157 e. The normalized spacial score (nSPS) is 35.0. The molecule has 4 rings (SSSR count). The lowest BCUT2D eigenvalue weighted by molar-refractivity contribution is 0.178. The van der Waals surface area contributed by atoms with Gasteiger partial charge in [0.15, 0.2) is 12.3 Å². The molecule has 0 N–H and O–H groups in total. The van der Waals surface area contributed by atoms with Crippen molar-refractivity contribution in [3.63, 3.8) is 0 Å². The number of allylic oxidation sites excluding steroid dienone is 4. The van der Waals surface area contributed by atoms with E-state index >= 15 is 8.78 Å². The Bertz CT molecular complexity index is 792. The summed E-state index contributed by atoms with van der Waals surface area (Å²) in [4.78, 5) is 0. The van der Waals surface area contributed by atoms with E-state index in [0.29, 0.717) is 29.4 Å². The lowest BCUT2D eigenvalue weighted by Crippen LogP contribution is -2.33. The summed E-state index contributed by atoms with van der Waals surface area (Å²) in [6, 6.07) is 5.62. The molecular weight excluding hydrogens is 381 g/mol. The average molecular weight is 417 g/mol. The summed E-state index contributed by atoms with van der Waals surface area (Å²) in [7, 11) is 0. The lowest BCUT2D eigenvalue weighted by Gasteiger charge is -2.36. The van der Waals surface area contributed by atoms with E-state index in [1.165, 1.54) is 0 Å². The van der Waals surface area contributed by atoms with Gasteiger partial charge in [0.05, 0.1) is 0 Å². The summed E-state index contributed by atoms with van der Waals surface area (Å²) in [6.07, 6.45) is 9.27. The molecule has 0 aromatic heterocycles. The van der Waals surface area contributed by atoms with Crippen molar-refractivity contribution in [1.82, 2.24) is 0 Å². The molecule has 0 amide bonds. The highest BCUT2D eigenvalue weighted by Gasteiger charge is 2.38. The molecule has 0 aliphatic heterocycles. The first-order valence-electron chi connectivity index (χ1n) is 12.0. The van der Waals surface area contributed by atoms with Crippen molar-refractivity contribution >= 4 is 0 Å². The van der Waals surface area contributed by atoms with E-state index in [4.69, 9.17) is 0 Å². The maximum absolute atomic E-state index is 15.1. The van der Waals surface area contributed by atoms with Crippen molar-refractivity contribution in [2.75, 3.05) is 0 Å². The molecule has 0 bridgehead atoms. The largest absolute Gasteiger partial charge is 0.239 e. The first-order chi connectivity index (χ1) is 14.5. The van der Waals surface area contributed by atoms with Gasteiger partial charge in [0.2, 0.25) is 0 Å². The molecule has 164 valence electrons. The summed E-state index contributed by atoms with van der Waals surface area (Å²) in [5.74, 6) is 1.23. The Balaban J connectivity index is 1.41. The summed E-state index contributed by atoms with van der Waals surface area (Å²) in [5, 5.41) is 0. The fourth-order valence-corrected chi connectivity index (χ4v) is 5.89. The van der Waals surface area contributed by atoms with E-state index in [-0.39, 0.29) is 17.7 Å². The van der Waals surface area contributed by atoms with Crippen LogP contribution in [0.5, 0.6) is 0 Å². The van der Waals surface area contributed by atoms with Crippen LogP contribution in [-0.2, 0) is 6.42 Å². The number of rotatable bonds is 4. The predicted octanol–water partition coefficient (Wildman–Crippen LogP) is 8.03. The highest BCUT2D eigenvalue weighted by molar-refractivity contribution is 5.35. The van der Waals surface area contributed by atoms with Gasteiger partial charge in [0, 0.05) is 0 Å². The lowest BCUT2D eigenvalue weighted by atomic mass is 9.71. The van der Waals surface area contributed by atoms with E-state index in [9.17, 15) is 4.39 Å². The standard InChI is InChI=1S/C27H35F3/c1-3-18-8-13-22(16-25(18)28)19-9-11-21(12-10-19)24-15-14-23(26(29)27(24)30)20-6-4-17(2)5-7-20/h8,13-17,19-21,26-27H,3-7,9-12H2,1-2H3. The van der Waals surface area contributed by atoms with E-state index in [1.807, 2.05) is 31.2 Å². The quantitative estimate of drug-likeness (QED) is 0.466. The second kappa shape index (κ2) is 9.32. The predicted molar refractivity (Wildman–Crippen MR) is 118 cm³/mol. The molecule has 1 aromatic carbocycles. The van der Waals surface area contributed by atoms with Crippen LogP contribution in [0.15, 0.2) is 41.5 Å². The Kier molecular flexibility index (Phi) is 6.75. The minimum absolute atomic E-state index is 0.110. The number of benzene rings is 1. The Morgan fingerprint density at radius 3 is 1.77 bits per heavy atom. The topological polar surface area (TPSA) is 0 Å². The van der Waals surface area contributed by atoms with Crippen LogP contribution < -0.4 is 0 Å². The minimum Gasteiger partial charge on any atom is -0.239 e. The second-order valence-corrected chi connectivity index (χ2v) is 9.85. The summed E-state index contributed by atoms with van der Waals surface area (Å²) in [5.41, 5.74) is 3.15. The van der Waals surface area contributed by atoms with Gasteiger partial charge in [-0.2, -0.15) is 0 Å². The van der Waals surface area contributed by atoms with Crippen LogP contribution in [0.4, 0.5) is 13.2 Å². The van der Waals surface area contributed by atoms with Crippen molar-refractivity contribution < 1.29 is 13.2 Å². The van der Waals surface area contributed by atoms with Crippen LogP contribution in [-0.4, -0.2) is 12.3 Å². The summed E-state index contributed by atoms with van der Waals surface area (Å²) < 4.78 is 44.4. The molecule has 1 aromatic rings. The molecule has 0 heterocycles. The van der Waals surface area contributed by atoms with Crippen LogP contribution in [0.3, 0.4) is 0 Å². The third-order valence-corrected chi connectivity index (χ3v) is 7.98. The zero-order valence-corrected chi connectivity index (χ0v) is 18.3. The van der Waals surface area contributed by atoms with Gasteiger partial charge in [-0.15, -0.1) is 0 Å². The van der Waals surface area contributed by atoms with Crippen molar-refractivity contribution in [3.8, 4) is 0 Å². The molecule has 0 spiro atoms. The van der Waals surface area contributed by atoms with Crippen molar-refractivity contribution in [2.24, 2.45) is 17.8 Å². The third kappa shape index (κ3) is 4.41. The van der Waals surface area contributed by atoms with E-state index in [2.05, 4.69) is 6.92 Å². The van der Waals surface area contributed by atoms with Gasteiger partial charge >= 0.3 is 0 Å². The number of aryl methyl sites for hydroxylation is 1. The second-order valence-electron chi connectivity index (χ2n) is 9.85. The van der Waals surface area contributed by atoms with Crippen LogP contribution in [0.2, 0.25) is 0 Å². The van der Waals surface area contributed by atoms with Gasteiger partial charge in [0.1, 0.15) is 5.82 Å². The molecule has 2 atom stereocenters. The SMILES string of the molecule is CCc1ccc(C2CCC(C3=CC=C(C4CCC(C)CC4)C(F)C3F)CC2)cc1F. The maximum atomic E-state index is 15.1. The zero-order chi connectivity index (χ0) is 21.3. The number of alkyl halides is 2. The molecule has 30 heavy (non-hydrogen) atoms. The molecule has 0 nitrogen and oxygen atoms in total. The van der Waals surface area contributed by atoms with Crippen LogP contribution >= 0.6 is 0 Å². The molecule has 0 saturated heterocycles. The van der Waals surface area contributed by atoms with Gasteiger partial charge < -0.3 is 0 Å². The zero-order valence-electron chi connectivity index (χ0n) is 18.3. The molecule has 0 radical (unpaired) electrons. The fourth-order valence-electron chi connectivity index (χ4n) is 5.89. The molecule has 2 fully saturated rings. The van der Waals surface area contributed by atoms with Crippen molar-refractivity contribution in [1.29, 1.82) is 0 Å². The fraction of sp³-hybridized carbons (Fsp3) is 0.630. The highest BCUT2D eigenvalue weighted by Crippen LogP contribution is 2.45. The monoisotopic (exact) mass is 416 g/mol. The molecule has 3 heteroatoms. The van der Waals surface area contributed by atoms with Crippen molar-refractivity contribution in [2.45, 2.75) is 89.9 Å². The van der Waals surface area contributed by atoms with Gasteiger partial charge in [0.25, 0.3) is 0 Å². The van der Waals surface area contributed by atoms with Crippen LogP contribution in [0.25, 0.3) is 0 Å². The summed E-state index contributed by atoms with van der Waals surface area (Å²) in [6.45, 7) is 4.21. The van der Waals surface area contributed by atoms with E-state index < -0.39 is 12.3 Å². The van der Waals surface area contributed by atoms with E-state index in [0.717, 1.165) is 62.5 Å². The third-order valence-electron chi connectivity index (χ3n) is 7.98. The summed E-state index contributed by atoms with van der Waals surface area (Å²) >= 11 is 0. The Morgan fingerprint density at radius 2 is 1.27 bits per heavy atom. The average Bonchev–Trinajstić information content (AvgIpc) is 2.76.